The molecule has 2 atom stereocenters. The number of para-hydroxylation sites is 1. The van der Waals surface area contributed by atoms with E-state index in [0.29, 0.717) is 0 Å². The Morgan fingerprint density at radius 2 is 2.12 bits per heavy atom. The van der Waals surface area contributed by atoms with E-state index in [0.717, 1.165) is 44.6 Å². The molecule has 1 aromatic carbocycles. The first-order valence-corrected chi connectivity index (χ1v) is 9.28. The van der Waals surface area contributed by atoms with Gasteiger partial charge in [-0.3, -0.25) is 4.68 Å². The molecule has 0 spiro atoms. The van der Waals surface area contributed by atoms with Gasteiger partial charge in [-0.25, -0.2) is 4.98 Å². The Morgan fingerprint density at radius 3 is 2.88 bits per heavy atom. The fourth-order valence-electron chi connectivity index (χ4n) is 3.58. The largest absolute Gasteiger partial charge is 0.374 e. The highest BCUT2D eigenvalue weighted by Gasteiger charge is 2.28. The van der Waals surface area contributed by atoms with Gasteiger partial charge in [0, 0.05) is 37.0 Å². The Morgan fingerprint density at radius 1 is 1.19 bits per heavy atom. The number of nitrogens with zero attached hydrogens (tertiary/aromatic N) is 3. The first kappa shape index (κ1) is 17.0. The van der Waals surface area contributed by atoms with Crippen LogP contribution in [0.4, 0.5) is 5.69 Å². The van der Waals surface area contributed by atoms with Crippen LogP contribution in [-0.4, -0.2) is 40.1 Å². The monoisotopic (exact) mass is 351 g/mol. The minimum atomic E-state index is 0.244. The molecule has 2 N–H and O–H groups in total. The average Bonchev–Trinajstić information content (AvgIpc) is 3.37. The average molecular weight is 351 g/mol. The first-order chi connectivity index (χ1) is 12.9. The van der Waals surface area contributed by atoms with Gasteiger partial charge in [-0.1, -0.05) is 24.3 Å². The van der Waals surface area contributed by atoms with E-state index in [4.69, 9.17) is 4.74 Å². The minimum absolute atomic E-state index is 0.244. The van der Waals surface area contributed by atoms with E-state index in [2.05, 4.69) is 45.0 Å². The Hall–Kier alpha value is -2.44. The SMILES string of the molecule is C1=C(Nc2ccccc2)CC(NCCn2cncn2)C(C2CCCO2)=C1. The van der Waals surface area contributed by atoms with E-state index >= 15 is 0 Å². The van der Waals surface area contributed by atoms with Gasteiger partial charge in [0.1, 0.15) is 12.7 Å². The summed E-state index contributed by atoms with van der Waals surface area (Å²) in [5, 5.41) is 11.4. The van der Waals surface area contributed by atoms with Crippen LogP contribution >= 0.6 is 0 Å². The van der Waals surface area contributed by atoms with Crippen LogP contribution < -0.4 is 10.6 Å². The lowest BCUT2D eigenvalue weighted by molar-refractivity contribution is 0.130. The maximum Gasteiger partial charge on any atom is 0.137 e. The van der Waals surface area contributed by atoms with E-state index < -0.39 is 0 Å². The van der Waals surface area contributed by atoms with Crippen molar-refractivity contribution >= 4 is 5.69 Å². The number of hydrogen-bond donors (Lipinski definition) is 2. The van der Waals surface area contributed by atoms with E-state index in [1.807, 2.05) is 22.9 Å². The standard InChI is InChI=1S/C20H25N5O/c1-2-5-16(6-3-1)24-17-8-9-18(20-7-4-12-26-20)19(13-17)22-10-11-25-15-21-14-23-25/h1-3,5-6,8-9,14-15,19-20,22,24H,4,7,10-13H2. The predicted molar refractivity (Wildman–Crippen MR) is 102 cm³/mol. The van der Waals surface area contributed by atoms with Crippen LogP contribution in [0.1, 0.15) is 19.3 Å². The molecule has 2 unspecified atom stereocenters. The van der Waals surface area contributed by atoms with Gasteiger partial charge in [-0.15, -0.1) is 0 Å². The van der Waals surface area contributed by atoms with Gasteiger partial charge in [0.25, 0.3) is 0 Å². The Labute approximate surface area is 154 Å². The second-order valence-electron chi connectivity index (χ2n) is 6.72. The van der Waals surface area contributed by atoms with Crippen LogP contribution in [-0.2, 0) is 11.3 Å². The molecule has 1 saturated heterocycles. The molecule has 2 aliphatic rings. The van der Waals surface area contributed by atoms with Crippen molar-refractivity contribution in [3.05, 3.63) is 66.4 Å². The number of aromatic nitrogens is 3. The molecule has 26 heavy (non-hydrogen) atoms. The molecule has 6 heteroatoms. The van der Waals surface area contributed by atoms with Crippen molar-refractivity contribution < 1.29 is 4.74 Å². The Kier molecular flexibility index (Phi) is 5.42. The molecule has 1 aromatic heterocycles. The summed E-state index contributed by atoms with van der Waals surface area (Å²) in [6.45, 7) is 2.52. The number of ether oxygens (including phenoxy) is 1. The van der Waals surface area contributed by atoms with Crippen molar-refractivity contribution in [1.82, 2.24) is 20.1 Å². The van der Waals surface area contributed by atoms with Crippen LogP contribution in [0.15, 0.2) is 66.4 Å². The van der Waals surface area contributed by atoms with Gasteiger partial charge >= 0.3 is 0 Å². The topological polar surface area (TPSA) is 64.0 Å². The van der Waals surface area contributed by atoms with Crippen molar-refractivity contribution in [1.29, 1.82) is 0 Å². The number of hydrogen-bond acceptors (Lipinski definition) is 5. The summed E-state index contributed by atoms with van der Waals surface area (Å²) >= 11 is 0. The van der Waals surface area contributed by atoms with E-state index in [9.17, 15) is 0 Å². The molecule has 2 heterocycles. The molecule has 136 valence electrons. The fourth-order valence-corrected chi connectivity index (χ4v) is 3.58. The molecule has 0 amide bonds. The van der Waals surface area contributed by atoms with Gasteiger partial charge in [-0.2, -0.15) is 5.10 Å². The lowest BCUT2D eigenvalue weighted by Gasteiger charge is -2.30. The smallest absolute Gasteiger partial charge is 0.137 e. The molecule has 6 nitrogen and oxygen atoms in total. The van der Waals surface area contributed by atoms with Gasteiger partial charge in [0.2, 0.25) is 0 Å². The normalized spacial score (nSPS) is 22.8. The number of rotatable bonds is 7. The zero-order valence-electron chi connectivity index (χ0n) is 14.8. The molecule has 0 saturated carbocycles. The lowest BCUT2D eigenvalue weighted by atomic mass is 9.91. The second-order valence-corrected chi connectivity index (χ2v) is 6.72. The molecule has 1 aliphatic heterocycles. The molecule has 1 fully saturated rings. The van der Waals surface area contributed by atoms with Gasteiger partial charge in [0.15, 0.2) is 0 Å². The van der Waals surface area contributed by atoms with Crippen LogP contribution in [0.5, 0.6) is 0 Å². The quantitative estimate of drug-likeness (QED) is 0.803. The van der Waals surface area contributed by atoms with Crippen molar-refractivity contribution in [2.45, 2.75) is 38.0 Å². The van der Waals surface area contributed by atoms with Gasteiger partial charge < -0.3 is 15.4 Å². The second kappa shape index (κ2) is 8.29. The molecule has 4 rings (SSSR count). The number of allylic oxidation sites excluding steroid dienone is 2. The predicted octanol–water partition coefficient (Wildman–Crippen LogP) is 2.74. The maximum absolute atomic E-state index is 5.94. The summed E-state index contributed by atoms with van der Waals surface area (Å²) in [4.78, 5) is 4.00. The maximum atomic E-state index is 5.94. The van der Waals surface area contributed by atoms with E-state index in [1.54, 1.807) is 12.7 Å². The van der Waals surface area contributed by atoms with E-state index in [1.165, 1.54) is 11.3 Å². The van der Waals surface area contributed by atoms with Crippen molar-refractivity contribution in [2.24, 2.45) is 0 Å². The number of nitrogens with one attached hydrogen (secondary N) is 2. The molecular formula is C20H25N5O. The van der Waals surface area contributed by atoms with Crippen molar-refractivity contribution in [2.75, 3.05) is 18.5 Å². The molecular weight excluding hydrogens is 326 g/mol. The van der Waals surface area contributed by atoms with Crippen LogP contribution in [0.25, 0.3) is 0 Å². The van der Waals surface area contributed by atoms with Gasteiger partial charge in [-0.05, 0) is 36.6 Å². The lowest BCUT2D eigenvalue weighted by Crippen LogP contribution is -2.39. The summed E-state index contributed by atoms with van der Waals surface area (Å²) < 4.78 is 7.79. The highest BCUT2D eigenvalue weighted by atomic mass is 16.5. The summed E-state index contributed by atoms with van der Waals surface area (Å²) in [6, 6.07) is 10.6. The van der Waals surface area contributed by atoms with Crippen molar-refractivity contribution in [3.63, 3.8) is 0 Å². The van der Waals surface area contributed by atoms with E-state index in [-0.39, 0.29) is 12.1 Å². The zero-order valence-corrected chi connectivity index (χ0v) is 14.8. The van der Waals surface area contributed by atoms with Crippen LogP contribution in [0.3, 0.4) is 0 Å². The fraction of sp³-hybridized carbons (Fsp3) is 0.400. The summed E-state index contributed by atoms with van der Waals surface area (Å²) in [6.07, 6.45) is 11.2. The highest BCUT2D eigenvalue weighted by molar-refractivity contribution is 5.50. The molecule has 2 aromatic rings. The third-order valence-corrected chi connectivity index (χ3v) is 4.88. The minimum Gasteiger partial charge on any atom is -0.374 e. The van der Waals surface area contributed by atoms with Crippen LogP contribution in [0, 0.1) is 0 Å². The molecule has 1 aliphatic carbocycles. The van der Waals surface area contributed by atoms with Gasteiger partial charge in [0.05, 0.1) is 12.6 Å². The Balaban J connectivity index is 1.43. The summed E-state index contributed by atoms with van der Waals surface area (Å²) in [5.74, 6) is 0. The summed E-state index contributed by atoms with van der Waals surface area (Å²) in [7, 11) is 0. The zero-order chi connectivity index (χ0) is 17.6. The number of benzene rings is 1. The number of anilines is 1. The third-order valence-electron chi connectivity index (χ3n) is 4.88. The van der Waals surface area contributed by atoms with Crippen LogP contribution in [0.2, 0.25) is 0 Å². The highest BCUT2D eigenvalue weighted by Crippen LogP contribution is 2.29. The molecule has 0 radical (unpaired) electrons. The summed E-state index contributed by atoms with van der Waals surface area (Å²) in [5.41, 5.74) is 3.70. The van der Waals surface area contributed by atoms with Crippen molar-refractivity contribution in [3.8, 4) is 0 Å². The Bertz CT molecular complexity index is 748. The third kappa shape index (κ3) is 4.20. The molecule has 0 bridgehead atoms. The first-order valence-electron chi connectivity index (χ1n) is 9.28.